The van der Waals surface area contributed by atoms with Gasteiger partial charge in [0.05, 0.1) is 24.3 Å². The van der Waals surface area contributed by atoms with Crippen LogP contribution in [0.5, 0.6) is 11.5 Å². The number of ether oxygens (including phenoxy) is 2. The van der Waals surface area contributed by atoms with E-state index in [1.54, 1.807) is 15.8 Å². The van der Waals surface area contributed by atoms with E-state index in [0.29, 0.717) is 31.0 Å². The number of para-hydroxylation sites is 2. The Morgan fingerprint density at radius 1 is 1.32 bits per heavy atom. The van der Waals surface area contributed by atoms with Crippen molar-refractivity contribution < 1.29 is 14.3 Å². The van der Waals surface area contributed by atoms with Crippen molar-refractivity contribution in [2.24, 2.45) is 7.05 Å². The minimum absolute atomic E-state index is 0.0687. The molecule has 3 aromatic rings. The molecule has 3 heterocycles. The Hall–Kier alpha value is -2.87. The second-order valence-corrected chi connectivity index (χ2v) is 7.76. The van der Waals surface area contributed by atoms with Gasteiger partial charge in [0, 0.05) is 24.3 Å². The summed E-state index contributed by atoms with van der Waals surface area (Å²) in [5.74, 6) is 1.37. The Morgan fingerprint density at radius 3 is 2.79 bits per heavy atom. The van der Waals surface area contributed by atoms with Crippen molar-refractivity contribution in [1.82, 2.24) is 19.7 Å². The van der Waals surface area contributed by atoms with Crippen molar-refractivity contribution >= 4 is 17.2 Å². The maximum Gasteiger partial charge on any atom is 0.258 e. The van der Waals surface area contributed by atoms with E-state index >= 15 is 0 Å². The van der Waals surface area contributed by atoms with Crippen LogP contribution >= 0.6 is 11.3 Å². The minimum Gasteiger partial charge on any atom is -0.486 e. The highest BCUT2D eigenvalue weighted by atomic mass is 32.1. The molecule has 1 aliphatic heterocycles. The van der Waals surface area contributed by atoms with Crippen LogP contribution in [0.2, 0.25) is 0 Å². The van der Waals surface area contributed by atoms with Crippen LogP contribution in [0, 0.1) is 13.8 Å². The number of hydrogen-bond acceptors (Lipinski definition) is 6. The van der Waals surface area contributed by atoms with Gasteiger partial charge in [-0.15, -0.1) is 11.3 Å². The van der Waals surface area contributed by atoms with Crippen LogP contribution in [0.25, 0.3) is 0 Å². The van der Waals surface area contributed by atoms with Crippen molar-refractivity contribution in [3.8, 4) is 11.5 Å². The van der Waals surface area contributed by atoms with Crippen LogP contribution in [-0.4, -0.2) is 44.8 Å². The van der Waals surface area contributed by atoms with Crippen LogP contribution in [0.3, 0.4) is 0 Å². The summed E-state index contributed by atoms with van der Waals surface area (Å²) in [6, 6.07) is 7.58. The molecule has 0 bridgehead atoms. The zero-order chi connectivity index (χ0) is 19.7. The first kappa shape index (κ1) is 18.5. The number of rotatable bonds is 5. The average Bonchev–Trinajstić information content (AvgIpc) is 3.28. The lowest BCUT2D eigenvalue weighted by molar-refractivity contribution is 0.0443. The van der Waals surface area contributed by atoms with Gasteiger partial charge in [0.1, 0.15) is 11.6 Å². The van der Waals surface area contributed by atoms with Crippen molar-refractivity contribution in [1.29, 1.82) is 0 Å². The highest BCUT2D eigenvalue weighted by molar-refractivity contribution is 7.09. The van der Waals surface area contributed by atoms with E-state index in [0.717, 1.165) is 22.1 Å². The normalized spacial score (nSPS) is 15.5. The number of benzene rings is 1. The fraction of sp³-hybridized carbons (Fsp3) is 0.350. The summed E-state index contributed by atoms with van der Waals surface area (Å²) in [6.07, 6.45) is 1.50. The van der Waals surface area contributed by atoms with Crippen molar-refractivity contribution in [3.05, 3.63) is 57.8 Å². The first-order valence-electron chi connectivity index (χ1n) is 9.09. The number of thiazole rings is 1. The van der Waals surface area contributed by atoms with Crippen LogP contribution < -0.4 is 9.47 Å². The van der Waals surface area contributed by atoms with Crippen LogP contribution in [-0.2, 0) is 13.6 Å². The molecule has 0 N–H and O–H groups in total. The highest BCUT2D eigenvalue weighted by Gasteiger charge is 2.29. The SMILES string of the molecule is Cc1nn(C)c(C)c1C(=O)N(Cc1nccs1)C[C@H]1COc2ccccc2O1. The fourth-order valence-electron chi connectivity index (χ4n) is 3.35. The minimum atomic E-state index is -0.254. The number of aryl methyl sites for hydroxylation is 2. The Morgan fingerprint density at radius 2 is 2.11 bits per heavy atom. The topological polar surface area (TPSA) is 69.5 Å². The van der Waals surface area contributed by atoms with Gasteiger partial charge in [-0.25, -0.2) is 4.98 Å². The lowest BCUT2D eigenvalue weighted by Crippen LogP contribution is -2.43. The standard InChI is InChI=1S/C20H22N4O3S/c1-13-19(14(2)23(3)22-13)20(25)24(11-18-21-8-9-28-18)10-15-12-26-16-6-4-5-7-17(16)27-15/h4-9,15H,10-12H2,1-3H3/t15-/m0/s1. The van der Waals surface area contributed by atoms with Crippen molar-refractivity contribution in [2.75, 3.05) is 13.2 Å². The van der Waals surface area contributed by atoms with E-state index in [9.17, 15) is 4.79 Å². The zero-order valence-electron chi connectivity index (χ0n) is 16.1. The lowest BCUT2D eigenvalue weighted by Gasteiger charge is -2.31. The third-order valence-corrected chi connectivity index (χ3v) is 5.58. The molecule has 0 aliphatic carbocycles. The summed E-state index contributed by atoms with van der Waals surface area (Å²) >= 11 is 1.53. The maximum absolute atomic E-state index is 13.4. The molecule has 7 nitrogen and oxygen atoms in total. The van der Waals surface area contributed by atoms with Crippen LogP contribution in [0.15, 0.2) is 35.8 Å². The van der Waals surface area contributed by atoms with E-state index < -0.39 is 0 Å². The first-order valence-corrected chi connectivity index (χ1v) is 9.97. The molecule has 0 spiro atoms. The summed E-state index contributed by atoms with van der Waals surface area (Å²) in [5.41, 5.74) is 2.20. The second-order valence-electron chi connectivity index (χ2n) is 6.78. The molecule has 1 amide bonds. The van der Waals surface area contributed by atoms with Gasteiger partial charge in [-0.05, 0) is 26.0 Å². The molecule has 4 rings (SSSR count). The molecule has 0 saturated carbocycles. The second kappa shape index (κ2) is 7.63. The highest BCUT2D eigenvalue weighted by Crippen LogP contribution is 2.31. The quantitative estimate of drug-likeness (QED) is 0.661. The fourth-order valence-corrected chi connectivity index (χ4v) is 3.98. The Balaban J connectivity index is 1.58. The smallest absolute Gasteiger partial charge is 0.258 e. The molecule has 1 atom stereocenters. The number of carbonyl (C=O) groups excluding carboxylic acids is 1. The molecular formula is C20H22N4O3S. The van der Waals surface area contributed by atoms with Crippen molar-refractivity contribution in [3.63, 3.8) is 0 Å². The van der Waals surface area contributed by atoms with Gasteiger partial charge in [0.25, 0.3) is 5.91 Å². The van der Waals surface area contributed by atoms with Crippen LogP contribution in [0.4, 0.5) is 0 Å². The molecule has 146 valence electrons. The summed E-state index contributed by atoms with van der Waals surface area (Å²) in [6.45, 7) is 4.99. The number of nitrogens with zero attached hydrogens (tertiary/aromatic N) is 4. The predicted octanol–water partition coefficient (Wildman–Crippen LogP) is 2.98. The molecule has 0 unspecified atom stereocenters. The van der Waals surface area contributed by atoms with E-state index in [4.69, 9.17) is 9.47 Å². The first-order chi connectivity index (χ1) is 13.5. The van der Waals surface area contributed by atoms with Crippen LogP contribution in [0.1, 0.15) is 26.8 Å². The predicted molar refractivity (Wildman–Crippen MR) is 106 cm³/mol. The summed E-state index contributed by atoms with van der Waals surface area (Å²) in [4.78, 5) is 19.5. The maximum atomic E-state index is 13.4. The van der Waals surface area contributed by atoms with E-state index in [-0.39, 0.29) is 12.0 Å². The molecule has 0 fully saturated rings. The number of aromatic nitrogens is 3. The van der Waals surface area contributed by atoms with Gasteiger partial charge < -0.3 is 14.4 Å². The third-order valence-electron chi connectivity index (χ3n) is 4.81. The largest absolute Gasteiger partial charge is 0.486 e. The Kier molecular flexibility index (Phi) is 5.04. The summed E-state index contributed by atoms with van der Waals surface area (Å²) < 4.78 is 13.6. The molecule has 0 saturated heterocycles. The van der Waals surface area contributed by atoms with Gasteiger partial charge in [-0.1, -0.05) is 12.1 Å². The lowest BCUT2D eigenvalue weighted by atomic mass is 10.1. The van der Waals surface area contributed by atoms with Gasteiger partial charge in [-0.3, -0.25) is 9.48 Å². The van der Waals surface area contributed by atoms with Gasteiger partial charge in [0.15, 0.2) is 17.6 Å². The molecule has 1 aromatic carbocycles. The number of amides is 1. The average molecular weight is 398 g/mol. The number of carbonyl (C=O) groups is 1. The van der Waals surface area contributed by atoms with E-state index in [2.05, 4.69) is 10.1 Å². The zero-order valence-corrected chi connectivity index (χ0v) is 16.9. The van der Waals surface area contributed by atoms with Gasteiger partial charge in [-0.2, -0.15) is 5.10 Å². The Labute approximate surface area is 167 Å². The summed E-state index contributed by atoms with van der Waals surface area (Å²) in [7, 11) is 1.85. The van der Waals surface area contributed by atoms with E-state index in [1.165, 1.54) is 11.3 Å². The third kappa shape index (κ3) is 3.60. The van der Waals surface area contributed by atoms with Gasteiger partial charge in [0.2, 0.25) is 0 Å². The molecule has 0 radical (unpaired) electrons. The number of hydrogen-bond donors (Lipinski definition) is 0. The molecule has 8 heteroatoms. The Bertz CT molecular complexity index is 984. The monoisotopic (exact) mass is 398 g/mol. The molecular weight excluding hydrogens is 376 g/mol. The summed E-state index contributed by atoms with van der Waals surface area (Å²) in [5, 5.41) is 7.18. The number of fused-ring (bicyclic) bond motifs is 1. The molecule has 1 aliphatic rings. The van der Waals surface area contributed by atoms with Crippen molar-refractivity contribution in [2.45, 2.75) is 26.5 Å². The van der Waals surface area contributed by atoms with E-state index in [1.807, 2.05) is 50.5 Å². The molecule has 2 aromatic heterocycles. The molecule has 28 heavy (non-hydrogen) atoms. The van der Waals surface area contributed by atoms with Gasteiger partial charge >= 0.3 is 0 Å².